The number of aryl methyl sites for hydroxylation is 2. The monoisotopic (exact) mass is 483 g/mol. The summed E-state index contributed by atoms with van der Waals surface area (Å²) in [6.07, 6.45) is 3.19. The molecule has 3 atom stereocenters. The molecule has 5 heterocycles. The zero-order valence-corrected chi connectivity index (χ0v) is 20.3. The Balaban J connectivity index is 1.27. The first-order chi connectivity index (χ1) is 16.3. The van der Waals surface area contributed by atoms with E-state index in [1.54, 1.807) is 9.42 Å². The van der Waals surface area contributed by atoms with Crippen molar-refractivity contribution in [2.75, 3.05) is 13.6 Å². The van der Waals surface area contributed by atoms with Crippen molar-refractivity contribution in [2.45, 2.75) is 58.3 Å². The number of hydrogen-bond acceptors (Lipinski definition) is 5. The van der Waals surface area contributed by atoms with Crippen LogP contribution in [0.4, 0.5) is 4.39 Å². The summed E-state index contributed by atoms with van der Waals surface area (Å²) in [7, 11) is 2.15. The first kappa shape index (κ1) is 21.8. The fourth-order valence-electron chi connectivity index (χ4n) is 5.80. The van der Waals surface area contributed by atoms with Crippen LogP contribution in [0.1, 0.15) is 52.3 Å². The molecule has 1 aromatic carbocycles. The molecule has 3 aliphatic heterocycles. The molecule has 7 nitrogen and oxygen atoms in total. The van der Waals surface area contributed by atoms with E-state index in [4.69, 9.17) is 16.3 Å². The lowest BCUT2D eigenvalue weighted by Crippen LogP contribution is -2.54. The summed E-state index contributed by atoms with van der Waals surface area (Å²) >= 11 is 6.35. The molecule has 9 heteroatoms. The first-order valence-electron chi connectivity index (χ1n) is 11.8. The second-order valence-corrected chi connectivity index (χ2v) is 10.3. The molecule has 0 unspecified atom stereocenters. The lowest BCUT2D eigenvalue weighted by molar-refractivity contribution is -0.0251. The van der Waals surface area contributed by atoms with Crippen LogP contribution in [0.3, 0.4) is 0 Å². The number of amides is 1. The van der Waals surface area contributed by atoms with Crippen LogP contribution in [-0.2, 0) is 13.1 Å². The number of piperidine rings is 2. The van der Waals surface area contributed by atoms with Crippen molar-refractivity contribution in [3.63, 3.8) is 0 Å². The van der Waals surface area contributed by atoms with Gasteiger partial charge in [0.2, 0.25) is 0 Å². The average molecular weight is 484 g/mol. The van der Waals surface area contributed by atoms with Gasteiger partial charge in [-0.2, -0.15) is 5.10 Å². The van der Waals surface area contributed by atoms with Crippen LogP contribution in [0.5, 0.6) is 5.75 Å². The van der Waals surface area contributed by atoms with Gasteiger partial charge in [0, 0.05) is 36.6 Å². The third kappa shape index (κ3) is 3.38. The number of rotatable bonds is 3. The number of halogens is 2. The van der Waals surface area contributed by atoms with Gasteiger partial charge >= 0.3 is 0 Å². The summed E-state index contributed by atoms with van der Waals surface area (Å²) in [6.45, 7) is 5.51. The summed E-state index contributed by atoms with van der Waals surface area (Å²) in [5, 5.41) is 5.26. The van der Waals surface area contributed by atoms with E-state index in [1.165, 1.54) is 24.6 Å². The number of fused-ring (bicyclic) bond motifs is 6. The third-order valence-electron chi connectivity index (χ3n) is 7.74. The van der Waals surface area contributed by atoms with Gasteiger partial charge in [-0.15, -0.1) is 0 Å². The predicted molar refractivity (Wildman–Crippen MR) is 126 cm³/mol. The van der Waals surface area contributed by atoms with Crippen molar-refractivity contribution < 1.29 is 13.9 Å². The van der Waals surface area contributed by atoms with Crippen LogP contribution in [0.25, 0.3) is 5.65 Å². The Morgan fingerprint density at radius 1 is 1.24 bits per heavy atom. The minimum absolute atomic E-state index is 0.00295. The molecule has 2 aromatic heterocycles. The molecular weight excluding hydrogens is 457 g/mol. The summed E-state index contributed by atoms with van der Waals surface area (Å²) < 4.78 is 22.3. The van der Waals surface area contributed by atoms with Gasteiger partial charge in [0.15, 0.2) is 5.65 Å². The molecule has 1 amide bonds. The standard InChI is InChI=1S/C25H27ClFN5O2/c1-13-23(26)14(2)32-24(28-13)19-11-31(12-20(19)29-32)25(33)18-7-5-16(27)8-22(18)34-21-9-17-6-4-15(21)10-30(17)3/h5,7-8,15,17,21H,4,6,9-12H2,1-3H3/t15-,17-,21+/m1/s1. The van der Waals surface area contributed by atoms with Gasteiger partial charge in [-0.05, 0) is 45.9 Å². The Labute approximate surface area is 202 Å². The second-order valence-electron chi connectivity index (χ2n) is 9.88. The van der Waals surface area contributed by atoms with E-state index < -0.39 is 5.82 Å². The number of carbonyl (C=O) groups excluding carboxylic acids is 1. The smallest absolute Gasteiger partial charge is 0.258 e. The lowest BCUT2D eigenvalue weighted by Gasteiger charge is -2.47. The summed E-state index contributed by atoms with van der Waals surface area (Å²) in [5.74, 6) is 0.140. The molecule has 2 saturated heterocycles. The Hall–Kier alpha value is -2.71. The average Bonchev–Trinajstić information content (AvgIpc) is 3.37. The van der Waals surface area contributed by atoms with Crippen molar-refractivity contribution >= 4 is 23.2 Å². The highest BCUT2D eigenvalue weighted by Gasteiger charge is 2.41. The van der Waals surface area contributed by atoms with Crippen LogP contribution in [0.2, 0.25) is 5.02 Å². The van der Waals surface area contributed by atoms with E-state index in [0.29, 0.717) is 41.4 Å². The van der Waals surface area contributed by atoms with Gasteiger partial charge in [-0.1, -0.05) is 11.6 Å². The van der Waals surface area contributed by atoms with E-state index in [0.717, 1.165) is 47.7 Å². The van der Waals surface area contributed by atoms with Crippen molar-refractivity contribution in [2.24, 2.45) is 5.92 Å². The Morgan fingerprint density at radius 3 is 2.79 bits per heavy atom. The van der Waals surface area contributed by atoms with E-state index in [1.807, 2.05) is 13.8 Å². The fraction of sp³-hybridized carbons (Fsp3) is 0.480. The zero-order chi connectivity index (χ0) is 23.7. The number of benzene rings is 1. The molecule has 0 spiro atoms. The third-order valence-corrected chi connectivity index (χ3v) is 8.29. The van der Waals surface area contributed by atoms with Gasteiger partial charge in [-0.3, -0.25) is 4.79 Å². The van der Waals surface area contributed by atoms with Crippen molar-refractivity contribution in [3.8, 4) is 5.75 Å². The van der Waals surface area contributed by atoms with Crippen LogP contribution in [0.15, 0.2) is 18.2 Å². The van der Waals surface area contributed by atoms with Crippen LogP contribution >= 0.6 is 11.6 Å². The summed E-state index contributed by atoms with van der Waals surface area (Å²) in [6, 6.07) is 4.70. The minimum Gasteiger partial charge on any atom is -0.489 e. The number of carbonyl (C=O) groups is 1. The van der Waals surface area contributed by atoms with E-state index >= 15 is 0 Å². The highest BCUT2D eigenvalue weighted by Crippen LogP contribution is 2.38. The van der Waals surface area contributed by atoms with Crippen LogP contribution in [-0.4, -0.2) is 56.0 Å². The maximum atomic E-state index is 14.2. The van der Waals surface area contributed by atoms with Gasteiger partial charge in [-0.25, -0.2) is 13.9 Å². The highest BCUT2D eigenvalue weighted by molar-refractivity contribution is 6.31. The Morgan fingerprint density at radius 2 is 2.06 bits per heavy atom. The zero-order valence-electron chi connectivity index (χ0n) is 19.5. The second kappa shape index (κ2) is 7.92. The van der Waals surface area contributed by atoms with Crippen molar-refractivity contribution in [1.82, 2.24) is 24.4 Å². The molecule has 7 rings (SSSR count). The molecule has 1 saturated carbocycles. The Bertz CT molecular complexity index is 1320. The molecular formula is C25H27ClFN5O2. The van der Waals surface area contributed by atoms with Crippen molar-refractivity contribution in [3.05, 3.63) is 57.2 Å². The molecule has 0 radical (unpaired) electrons. The molecule has 1 aliphatic carbocycles. The normalized spacial score (nSPS) is 24.1. The van der Waals surface area contributed by atoms with E-state index in [9.17, 15) is 9.18 Å². The van der Waals surface area contributed by atoms with E-state index in [-0.39, 0.29) is 12.0 Å². The number of ether oxygens (including phenoxy) is 1. The topological polar surface area (TPSA) is 63.0 Å². The first-order valence-corrected chi connectivity index (χ1v) is 12.2. The predicted octanol–water partition coefficient (Wildman–Crippen LogP) is 4.16. The van der Waals surface area contributed by atoms with E-state index in [2.05, 4.69) is 22.0 Å². The van der Waals surface area contributed by atoms with Crippen molar-refractivity contribution in [1.29, 1.82) is 0 Å². The quantitative estimate of drug-likeness (QED) is 0.560. The van der Waals surface area contributed by atoms with Gasteiger partial charge < -0.3 is 14.5 Å². The SMILES string of the molecule is Cc1nc2c3c(nn2c(C)c1Cl)CN(C(=O)c1ccc(F)cc1O[C@H]1C[C@H]2CC[C@@H]1CN2C)C3. The summed E-state index contributed by atoms with van der Waals surface area (Å²) in [5.41, 5.74) is 4.42. The minimum atomic E-state index is -0.404. The molecule has 4 aliphatic rings. The number of hydrogen-bond donors (Lipinski definition) is 0. The van der Waals surface area contributed by atoms with Crippen LogP contribution < -0.4 is 4.74 Å². The maximum absolute atomic E-state index is 14.2. The Kier molecular flexibility index (Phi) is 5.08. The summed E-state index contributed by atoms with van der Waals surface area (Å²) in [4.78, 5) is 22.3. The van der Waals surface area contributed by atoms with Gasteiger partial charge in [0.25, 0.3) is 5.91 Å². The maximum Gasteiger partial charge on any atom is 0.258 e. The molecule has 2 bridgehead atoms. The largest absolute Gasteiger partial charge is 0.489 e. The molecule has 0 N–H and O–H groups in total. The molecule has 3 aromatic rings. The molecule has 34 heavy (non-hydrogen) atoms. The highest BCUT2D eigenvalue weighted by atomic mass is 35.5. The number of aromatic nitrogens is 3. The molecule has 3 fully saturated rings. The molecule has 178 valence electrons. The van der Waals surface area contributed by atoms with Gasteiger partial charge in [0.05, 0.1) is 40.8 Å². The lowest BCUT2D eigenvalue weighted by atomic mass is 9.78. The number of nitrogens with zero attached hydrogens (tertiary/aromatic N) is 5. The fourth-order valence-corrected chi connectivity index (χ4v) is 5.93. The van der Waals surface area contributed by atoms with Crippen LogP contribution in [0, 0.1) is 25.6 Å². The van der Waals surface area contributed by atoms with Gasteiger partial charge in [0.1, 0.15) is 17.7 Å².